The van der Waals surface area contributed by atoms with Crippen LogP contribution in [-0.2, 0) is 4.79 Å². The molecule has 3 rings (SSSR count). The van der Waals surface area contributed by atoms with Crippen LogP contribution in [0.1, 0.15) is 29.0 Å². The van der Waals surface area contributed by atoms with Crippen LogP contribution in [0.15, 0.2) is 16.7 Å². The Kier molecular flexibility index (Phi) is 3.96. The minimum Gasteiger partial charge on any atom is -0.469 e. The van der Waals surface area contributed by atoms with E-state index < -0.39 is 0 Å². The van der Waals surface area contributed by atoms with Crippen LogP contribution in [0, 0.1) is 12.8 Å². The van der Waals surface area contributed by atoms with Crippen molar-refractivity contribution in [3.8, 4) is 0 Å². The molecule has 2 amide bonds. The zero-order chi connectivity index (χ0) is 14.8. The van der Waals surface area contributed by atoms with Crippen LogP contribution in [0.5, 0.6) is 0 Å². The van der Waals surface area contributed by atoms with Crippen molar-refractivity contribution in [2.24, 2.45) is 5.92 Å². The van der Waals surface area contributed by atoms with Gasteiger partial charge in [0.15, 0.2) is 0 Å². The summed E-state index contributed by atoms with van der Waals surface area (Å²) < 4.78 is 5.15. The lowest BCUT2D eigenvalue weighted by atomic mass is 9.98. The highest BCUT2D eigenvalue weighted by molar-refractivity contribution is 5.95. The van der Waals surface area contributed by atoms with Gasteiger partial charge in [-0.2, -0.15) is 0 Å². The first-order chi connectivity index (χ1) is 10.1. The van der Waals surface area contributed by atoms with Crippen molar-refractivity contribution in [2.75, 3.05) is 26.2 Å². The number of rotatable bonds is 3. The second-order valence-electron chi connectivity index (χ2n) is 5.82. The Morgan fingerprint density at radius 2 is 2.05 bits per heavy atom. The van der Waals surface area contributed by atoms with Crippen molar-refractivity contribution < 1.29 is 14.0 Å². The van der Waals surface area contributed by atoms with Crippen molar-refractivity contribution in [3.63, 3.8) is 0 Å². The van der Waals surface area contributed by atoms with Gasteiger partial charge in [0.25, 0.3) is 5.91 Å². The molecular weight excluding hydrogens is 270 g/mol. The van der Waals surface area contributed by atoms with Crippen LogP contribution in [0.25, 0.3) is 0 Å². The number of hydrogen-bond acceptors (Lipinski definition) is 4. The van der Waals surface area contributed by atoms with E-state index in [0.29, 0.717) is 11.3 Å². The Balaban J connectivity index is 1.48. The third kappa shape index (κ3) is 2.95. The van der Waals surface area contributed by atoms with E-state index in [-0.39, 0.29) is 23.8 Å². The normalized spacial score (nSPS) is 20.1. The largest absolute Gasteiger partial charge is 0.469 e. The smallest absolute Gasteiger partial charge is 0.255 e. The number of hydrogen-bond donors (Lipinski definition) is 2. The molecule has 2 aliphatic heterocycles. The van der Waals surface area contributed by atoms with E-state index in [0.717, 1.165) is 39.0 Å². The molecule has 0 saturated carbocycles. The molecule has 2 fully saturated rings. The first-order valence-electron chi connectivity index (χ1n) is 7.49. The van der Waals surface area contributed by atoms with Gasteiger partial charge in [-0.05, 0) is 25.8 Å². The number of amides is 2. The van der Waals surface area contributed by atoms with Gasteiger partial charge in [0.1, 0.15) is 5.76 Å². The number of carbonyl (C=O) groups is 2. The van der Waals surface area contributed by atoms with Crippen LogP contribution in [0.2, 0.25) is 0 Å². The molecule has 0 spiro atoms. The number of nitrogens with one attached hydrogen (secondary N) is 2. The Hall–Kier alpha value is -1.82. The molecule has 0 bridgehead atoms. The molecule has 2 aliphatic rings. The molecule has 2 saturated heterocycles. The quantitative estimate of drug-likeness (QED) is 0.852. The molecule has 0 aromatic carbocycles. The summed E-state index contributed by atoms with van der Waals surface area (Å²) in [5, 5.41) is 6.15. The third-order valence-electron chi connectivity index (χ3n) is 4.38. The molecule has 2 N–H and O–H groups in total. The maximum absolute atomic E-state index is 12.1. The molecule has 6 nitrogen and oxygen atoms in total. The molecule has 21 heavy (non-hydrogen) atoms. The highest BCUT2D eigenvalue weighted by Crippen LogP contribution is 2.16. The van der Waals surface area contributed by atoms with Crippen molar-refractivity contribution >= 4 is 11.8 Å². The average molecular weight is 291 g/mol. The number of furan rings is 1. The number of likely N-dealkylation sites (tertiary alicyclic amines) is 1. The molecular formula is C15H21N3O3. The summed E-state index contributed by atoms with van der Waals surface area (Å²) >= 11 is 0. The maximum atomic E-state index is 12.1. The second-order valence-corrected chi connectivity index (χ2v) is 5.82. The number of carbonyl (C=O) groups excluding carboxylic acids is 2. The van der Waals surface area contributed by atoms with Crippen LogP contribution in [-0.4, -0.2) is 48.9 Å². The fourth-order valence-electron chi connectivity index (χ4n) is 2.85. The van der Waals surface area contributed by atoms with Crippen LogP contribution in [0.4, 0.5) is 0 Å². The van der Waals surface area contributed by atoms with Gasteiger partial charge in [-0.3, -0.25) is 9.59 Å². The van der Waals surface area contributed by atoms with E-state index in [1.54, 1.807) is 13.0 Å². The summed E-state index contributed by atoms with van der Waals surface area (Å²) in [5.41, 5.74) is 0.592. The van der Waals surface area contributed by atoms with Crippen molar-refractivity contribution in [1.29, 1.82) is 0 Å². The lowest BCUT2D eigenvalue weighted by Gasteiger charge is -2.37. The van der Waals surface area contributed by atoms with Gasteiger partial charge in [-0.25, -0.2) is 0 Å². The van der Waals surface area contributed by atoms with E-state index in [2.05, 4.69) is 10.6 Å². The summed E-state index contributed by atoms with van der Waals surface area (Å²) in [6, 6.07) is 1.82. The highest BCUT2D eigenvalue weighted by Gasteiger charge is 2.32. The van der Waals surface area contributed by atoms with Crippen LogP contribution < -0.4 is 10.6 Å². The van der Waals surface area contributed by atoms with E-state index in [9.17, 15) is 9.59 Å². The van der Waals surface area contributed by atoms with Gasteiger partial charge in [0.2, 0.25) is 5.91 Å². The number of aryl methyl sites for hydroxylation is 1. The lowest BCUT2D eigenvalue weighted by molar-refractivity contribution is -0.138. The molecule has 0 aliphatic carbocycles. The predicted octanol–water partition coefficient (Wildman–Crippen LogP) is 0.528. The average Bonchev–Trinajstić information content (AvgIpc) is 2.84. The van der Waals surface area contributed by atoms with Gasteiger partial charge in [0, 0.05) is 32.2 Å². The topological polar surface area (TPSA) is 74.6 Å². The monoisotopic (exact) mass is 291 g/mol. The first-order valence-corrected chi connectivity index (χ1v) is 7.49. The Morgan fingerprint density at radius 1 is 1.33 bits per heavy atom. The SMILES string of the molecule is Cc1occc1C(=O)NC1CCN(C(=O)C2CNC2)CC1. The molecule has 3 heterocycles. The zero-order valence-electron chi connectivity index (χ0n) is 12.2. The Morgan fingerprint density at radius 3 is 2.57 bits per heavy atom. The summed E-state index contributed by atoms with van der Waals surface area (Å²) in [7, 11) is 0. The van der Waals surface area contributed by atoms with E-state index in [4.69, 9.17) is 4.42 Å². The van der Waals surface area contributed by atoms with Gasteiger partial charge in [0.05, 0.1) is 17.7 Å². The second kappa shape index (κ2) is 5.89. The summed E-state index contributed by atoms with van der Waals surface area (Å²) in [5.74, 6) is 0.959. The predicted molar refractivity (Wildman–Crippen MR) is 76.9 cm³/mol. The molecule has 6 heteroatoms. The summed E-state index contributed by atoms with van der Waals surface area (Å²) in [6.45, 7) is 4.84. The molecule has 114 valence electrons. The lowest BCUT2D eigenvalue weighted by Crippen LogP contribution is -2.55. The fourth-order valence-corrected chi connectivity index (χ4v) is 2.85. The van der Waals surface area contributed by atoms with E-state index in [1.807, 2.05) is 4.90 Å². The van der Waals surface area contributed by atoms with E-state index >= 15 is 0 Å². The summed E-state index contributed by atoms with van der Waals surface area (Å²) in [4.78, 5) is 26.2. The maximum Gasteiger partial charge on any atom is 0.255 e. The van der Waals surface area contributed by atoms with Gasteiger partial charge >= 0.3 is 0 Å². The van der Waals surface area contributed by atoms with Crippen molar-refractivity contribution in [2.45, 2.75) is 25.8 Å². The van der Waals surface area contributed by atoms with Gasteiger partial charge in [-0.1, -0.05) is 0 Å². The molecule has 1 aromatic heterocycles. The van der Waals surface area contributed by atoms with Crippen LogP contribution >= 0.6 is 0 Å². The van der Waals surface area contributed by atoms with Crippen molar-refractivity contribution in [3.05, 3.63) is 23.7 Å². The standard InChI is InChI=1S/C15H21N3O3/c1-10-13(4-7-21-10)14(19)17-12-2-5-18(6-3-12)15(20)11-8-16-9-11/h4,7,11-12,16H,2-3,5-6,8-9H2,1H3,(H,17,19). The number of nitrogens with zero attached hydrogens (tertiary/aromatic N) is 1. The number of piperidine rings is 1. The third-order valence-corrected chi connectivity index (χ3v) is 4.38. The molecule has 0 unspecified atom stereocenters. The minimum atomic E-state index is -0.0887. The Bertz CT molecular complexity index is 528. The van der Waals surface area contributed by atoms with E-state index in [1.165, 1.54) is 6.26 Å². The fraction of sp³-hybridized carbons (Fsp3) is 0.600. The Labute approximate surface area is 123 Å². The van der Waals surface area contributed by atoms with Crippen LogP contribution in [0.3, 0.4) is 0 Å². The molecule has 0 radical (unpaired) electrons. The van der Waals surface area contributed by atoms with Gasteiger partial charge < -0.3 is 20.0 Å². The first kappa shape index (κ1) is 14.1. The van der Waals surface area contributed by atoms with Gasteiger partial charge in [-0.15, -0.1) is 0 Å². The molecule has 1 aromatic rings. The highest BCUT2D eigenvalue weighted by atomic mass is 16.3. The zero-order valence-corrected chi connectivity index (χ0v) is 12.2. The molecule has 0 atom stereocenters. The summed E-state index contributed by atoms with van der Waals surface area (Å²) in [6.07, 6.45) is 3.15. The minimum absolute atomic E-state index is 0.0887. The van der Waals surface area contributed by atoms with Crippen molar-refractivity contribution in [1.82, 2.24) is 15.5 Å².